The molecule has 8 nitrogen and oxygen atoms in total. The second-order valence-corrected chi connectivity index (χ2v) is 7.75. The highest BCUT2D eigenvalue weighted by Crippen LogP contribution is 2.25. The molecule has 0 radical (unpaired) electrons. The standard InChI is InChI=1S/C22H20F4N6O2/c1-12(2)32-11-28-31-20(32)17-4-3-5-19(29-17)30-21(33)15-8-14-13(6-7-34-22(24,25)26)10-27-18(14)9-16(15)23/h3-5,8-12,27H,6-7H2,1-2H3,(H,29,30,33). The number of hydrogen-bond donors (Lipinski definition) is 2. The van der Waals surface area contributed by atoms with Crippen molar-refractivity contribution in [2.24, 2.45) is 0 Å². The van der Waals surface area contributed by atoms with E-state index in [-0.39, 0.29) is 23.8 Å². The summed E-state index contributed by atoms with van der Waals surface area (Å²) in [5.41, 5.74) is 1.01. The summed E-state index contributed by atoms with van der Waals surface area (Å²) in [6.45, 7) is 3.32. The van der Waals surface area contributed by atoms with Crippen molar-refractivity contribution in [2.75, 3.05) is 11.9 Å². The van der Waals surface area contributed by atoms with Crippen LogP contribution in [-0.2, 0) is 11.2 Å². The van der Waals surface area contributed by atoms with Gasteiger partial charge in [0, 0.05) is 23.1 Å². The normalized spacial score (nSPS) is 12.0. The van der Waals surface area contributed by atoms with E-state index in [2.05, 4.69) is 30.2 Å². The summed E-state index contributed by atoms with van der Waals surface area (Å²) in [5, 5.41) is 10.9. The van der Waals surface area contributed by atoms with E-state index in [9.17, 15) is 22.4 Å². The molecule has 0 fully saturated rings. The molecule has 0 spiro atoms. The maximum atomic E-state index is 14.6. The zero-order chi connectivity index (χ0) is 24.5. The zero-order valence-corrected chi connectivity index (χ0v) is 18.2. The van der Waals surface area contributed by atoms with Gasteiger partial charge in [0.2, 0.25) is 0 Å². The largest absolute Gasteiger partial charge is 0.522 e. The summed E-state index contributed by atoms with van der Waals surface area (Å²) < 4.78 is 57.0. The molecule has 0 atom stereocenters. The Bertz CT molecular complexity index is 1330. The summed E-state index contributed by atoms with van der Waals surface area (Å²) in [5.74, 6) is -0.862. The van der Waals surface area contributed by atoms with E-state index in [0.29, 0.717) is 28.0 Å². The van der Waals surface area contributed by atoms with Gasteiger partial charge in [-0.3, -0.25) is 9.53 Å². The van der Waals surface area contributed by atoms with Crippen LogP contribution in [0.25, 0.3) is 22.4 Å². The lowest BCUT2D eigenvalue weighted by atomic mass is 10.1. The predicted octanol–water partition coefficient (Wildman–Crippen LogP) is 4.87. The monoisotopic (exact) mass is 476 g/mol. The average Bonchev–Trinajstić information content (AvgIpc) is 3.40. The number of aromatic amines is 1. The van der Waals surface area contributed by atoms with Crippen LogP contribution in [0.3, 0.4) is 0 Å². The van der Waals surface area contributed by atoms with Gasteiger partial charge in [0.15, 0.2) is 5.82 Å². The van der Waals surface area contributed by atoms with Crippen LogP contribution < -0.4 is 5.32 Å². The topological polar surface area (TPSA) is 97.7 Å². The van der Waals surface area contributed by atoms with Crippen LogP contribution in [0.1, 0.15) is 35.8 Å². The third-order valence-corrected chi connectivity index (χ3v) is 5.09. The Labute approximate surface area is 191 Å². The Kier molecular flexibility index (Phi) is 6.33. The molecule has 0 unspecified atom stereocenters. The number of carbonyl (C=O) groups is 1. The minimum Gasteiger partial charge on any atom is -0.361 e. The SMILES string of the molecule is CC(C)n1cnnc1-c1cccc(NC(=O)c2cc3c(CCOC(F)(F)F)c[nH]c3cc2F)n1. The molecule has 0 aliphatic rings. The van der Waals surface area contributed by atoms with Gasteiger partial charge in [0.1, 0.15) is 23.7 Å². The number of anilines is 1. The van der Waals surface area contributed by atoms with Crippen LogP contribution >= 0.6 is 0 Å². The molecular formula is C22H20F4N6O2. The highest BCUT2D eigenvalue weighted by molar-refractivity contribution is 6.06. The first-order chi connectivity index (χ1) is 16.1. The molecular weight excluding hydrogens is 456 g/mol. The van der Waals surface area contributed by atoms with E-state index in [1.165, 1.54) is 12.3 Å². The molecule has 1 aromatic carbocycles. The van der Waals surface area contributed by atoms with Crippen LogP contribution in [-0.4, -0.2) is 43.6 Å². The number of alkyl halides is 3. The summed E-state index contributed by atoms with van der Waals surface area (Å²) >= 11 is 0. The Hall–Kier alpha value is -3.80. The van der Waals surface area contributed by atoms with Gasteiger partial charge in [-0.25, -0.2) is 9.37 Å². The van der Waals surface area contributed by atoms with E-state index in [1.54, 1.807) is 24.5 Å². The lowest BCUT2D eigenvalue weighted by Gasteiger charge is -2.11. The molecule has 3 aromatic heterocycles. The number of pyridine rings is 1. The van der Waals surface area contributed by atoms with Crippen molar-refractivity contribution in [3.8, 4) is 11.5 Å². The maximum Gasteiger partial charge on any atom is 0.522 e. The van der Waals surface area contributed by atoms with Crippen LogP contribution in [0.2, 0.25) is 0 Å². The second-order valence-electron chi connectivity index (χ2n) is 7.75. The van der Waals surface area contributed by atoms with Crippen molar-refractivity contribution in [2.45, 2.75) is 32.7 Å². The third-order valence-electron chi connectivity index (χ3n) is 5.09. The van der Waals surface area contributed by atoms with Crippen molar-refractivity contribution in [1.82, 2.24) is 24.7 Å². The van der Waals surface area contributed by atoms with Gasteiger partial charge in [-0.2, -0.15) is 0 Å². The Morgan fingerprint density at radius 2 is 2.06 bits per heavy atom. The number of nitrogens with zero attached hydrogens (tertiary/aromatic N) is 4. The number of benzene rings is 1. The number of hydrogen-bond acceptors (Lipinski definition) is 5. The smallest absolute Gasteiger partial charge is 0.361 e. The molecule has 2 N–H and O–H groups in total. The lowest BCUT2D eigenvalue weighted by molar-refractivity contribution is -0.324. The van der Waals surface area contributed by atoms with Gasteiger partial charge in [0.25, 0.3) is 5.91 Å². The summed E-state index contributed by atoms with van der Waals surface area (Å²) in [7, 11) is 0. The minimum absolute atomic E-state index is 0.0770. The molecule has 1 amide bonds. The lowest BCUT2D eigenvalue weighted by Crippen LogP contribution is -2.16. The number of amides is 1. The molecule has 34 heavy (non-hydrogen) atoms. The first-order valence-electron chi connectivity index (χ1n) is 10.3. The number of nitrogens with one attached hydrogen (secondary N) is 2. The molecule has 0 aliphatic heterocycles. The van der Waals surface area contributed by atoms with Crippen LogP contribution in [0.15, 0.2) is 42.9 Å². The van der Waals surface area contributed by atoms with Crippen molar-refractivity contribution in [3.63, 3.8) is 0 Å². The molecule has 0 saturated heterocycles. The summed E-state index contributed by atoms with van der Waals surface area (Å²) in [6.07, 6.45) is -1.79. The number of ether oxygens (including phenoxy) is 1. The molecule has 0 bridgehead atoms. The Morgan fingerprint density at radius 1 is 1.26 bits per heavy atom. The quantitative estimate of drug-likeness (QED) is 0.371. The molecule has 4 aromatic rings. The van der Waals surface area contributed by atoms with Gasteiger partial charge in [0.05, 0.1) is 12.2 Å². The van der Waals surface area contributed by atoms with E-state index in [0.717, 1.165) is 6.07 Å². The fourth-order valence-electron chi connectivity index (χ4n) is 3.47. The van der Waals surface area contributed by atoms with E-state index in [1.807, 2.05) is 18.4 Å². The fraction of sp³-hybridized carbons (Fsp3) is 0.273. The molecule has 12 heteroatoms. The van der Waals surface area contributed by atoms with Gasteiger partial charge in [-0.05, 0) is 50.1 Å². The zero-order valence-electron chi connectivity index (χ0n) is 18.2. The first-order valence-corrected chi connectivity index (χ1v) is 10.3. The van der Waals surface area contributed by atoms with Crippen LogP contribution in [0.4, 0.5) is 23.4 Å². The summed E-state index contributed by atoms with van der Waals surface area (Å²) in [4.78, 5) is 20.0. The fourth-order valence-corrected chi connectivity index (χ4v) is 3.47. The number of rotatable bonds is 7. The number of fused-ring (bicyclic) bond motifs is 1. The molecule has 4 rings (SSSR count). The maximum absolute atomic E-state index is 14.6. The minimum atomic E-state index is -4.74. The highest BCUT2D eigenvalue weighted by atomic mass is 19.4. The molecule has 3 heterocycles. The van der Waals surface area contributed by atoms with Gasteiger partial charge < -0.3 is 14.9 Å². The van der Waals surface area contributed by atoms with Crippen molar-refractivity contribution in [3.05, 3.63) is 59.8 Å². The number of aromatic nitrogens is 5. The van der Waals surface area contributed by atoms with Gasteiger partial charge in [-0.1, -0.05) is 6.07 Å². The molecule has 0 aliphatic carbocycles. The molecule has 0 saturated carbocycles. The number of halogens is 4. The van der Waals surface area contributed by atoms with Crippen LogP contribution in [0.5, 0.6) is 0 Å². The number of carbonyl (C=O) groups excluding carboxylic acids is 1. The Morgan fingerprint density at radius 3 is 2.79 bits per heavy atom. The Balaban J connectivity index is 1.57. The van der Waals surface area contributed by atoms with Crippen molar-refractivity contribution >= 4 is 22.6 Å². The van der Waals surface area contributed by atoms with Crippen molar-refractivity contribution < 1.29 is 27.1 Å². The van der Waals surface area contributed by atoms with E-state index in [4.69, 9.17) is 0 Å². The third kappa shape index (κ3) is 5.06. The number of H-pyrrole nitrogens is 1. The van der Waals surface area contributed by atoms with Gasteiger partial charge >= 0.3 is 6.36 Å². The average molecular weight is 476 g/mol. The molecule has 178 valence electrons. The van der Waals surface area contributed by atoms with Crippen LogP contribution in [0, 0.1) is 5.82 Å². The highest BCUT2D eigenvalue weighted by Gasteiger charge is 2.28. The predicted molar refractivity (Wildman–Crippen MR) is 116 cm³/mol. The van der Waals surface area contributed by atoms with Gasteiger partial charge in [-0.15, -0.1) is 23.4 Å². The second kappa shape index (κ2) is 9.21. The first kappa shape index (κ1) is 23.4. The van der Waals surface area contributed by atoms with E-state index < -0.39 is 24.7 Å². The van der Waals surface area contributed by atoms with E-state index >= 15 is 0 Å². The summed E-state index contributed by atoms with van der Waals surface area (Å²) in [6, 6.07) is 7.42. The van der Waals surface area contributed by atoms with Crippen molar-refractivity contribution in [1.29, 1.82) is 0 Å².